The number of nitro groups is 1. The van der Waals surface area contributed by atoms with Gasteiger partial charge in [-0.15, -0.1) is 0 Å². The molecule has 4 rings (SSSR count). The smallest absolute Gasteiger partial charge is 0.410 e. The summed E-state index contributed by atoms with van der Waals surface area (Å²) >= 11 is 0. The predicted molar refractivity (Wildman–Crippen MR) is 125 cm³/mol. The van der Waals surface area contributed by atoms with Gasteiger partial charge in [-0.3, -0.25) is 10.1 Å². The molecule has 0 unspecified atom stereocenters. The van der Waals surface area contributed by atoms with Crippen LogP contribution in [-0.2, 0) is 14.8 Å². The van der Waals surface area contributed by atoms with E-state index in [2.05, 4.69) is 10.3 Å². The van der Waals surface area contributed by atoms with Crippen molar-refractivity contribution in [3.8, 4) is 0 Å². The minimum absolute atomic E-state index is 0.0685. The molecule has 0 bridgehead atoms. The molecule has 1 fully saturated rings. The number of likely N-dealkylation sites (tertiary alicyclic amines) is 1. The SMILES string of the molecule is CC(C)(C)OC(=O)N1CC[C@@H](Nc2c([N+](=O)[O-])cnc3c2ccn3S(=O)(=O)c2ccccc2)C1. The number of nitrogens with zero attached hydrogens (tertiary/aromatic N) is 4. The Labute approximate surface area is 196 Å². The zero-order chi connectivity index (χ0) is 24.7. The fourth-order valence-electron chi connectivity index (χ4n) is 3.82. The van der Waals surface area contributed by atoms with Gasteiger partial charge >= 0.3 is 11.8 Å². The molecule has 1 saturated heterocycles. The average molecular weight is 488 g/mol. The van der Waals surface area contributed by atoms with E-state index in [0.717, 1.165) is 10.2 Å². The summed E-state index contributed by atoms with van der Waals surface area (Å²) in [5.74, 6) is 0. The quantitative estimate of drug-likeness (QED) is 0.426. The first-order chi connectivity index (χ1) is 16.0. The van der Waals surface area contributed by atoms with Crippen molar-refractivity contribution in [2.24, 2.45) is 0 Å². The maximum Gasteiger partial charge on any atom is 0.410 e. The van der Waals surface area contributed by atoms with Crippen LogP contribution in [0.2, 0.25) is 0 Å². The lowest BCUT2D eigenvalue weighted by Crippen LogP contribution is -2.36. The number of carbonyl (C=O) groups is 1. The number of aromatic nitrogens is 2. The Bertz CT molecular complexity index is 1350. The normalized spacial score (nSPS) is 16.6. The van der Waals surface area contributed by atoms with Gasteiger partial charge in [0, 0.05) is 25.3 Å². The number of fused-ring (bicyclic) bond motifs is 1. The molecule has 0 spiro atoms. The van der Waals surface area contributed by atoms with Crippen LogP contribution in [0.3, 0.4) is 0 Å². The van der Waals surface area contributed by atoms with E-state index in [-0.39, 0.29) is 28.0 Å². The minimum atomic E-state index is -3.95. The summed E-state index contributed by atoms with van der Waals surface area (Å²) in [4.78, 5) is 29.2. The van der Waals surface area contributed by atoms with Gasteiger partial charge in [0.05, 0.1) is 15.2 Å². The lowest BCUT2D eigenvalue weighted by molar-refractivity contribution is -0.384. The molecule has 12 heteroatoms. The van der Waals surface area contributed by atoms with Crippen LogP contribution in [0.5, 0.6) is 0 Å². The van der Waals surface area contributed by atoms with Gasteiger partial charge < -0.3 is 15.0 Å². The lowest BCUT2D eigenvalue weighted by Gasteiger charge is -2.24. The third-order valence-electron chi connectivity index (χ3n) is 5.35. The van der Waals surface area contributed by atoms with Crippen molar-refractivity contribution in [2.45, 2.75) is 43.7 Å². The van der Waals surface area contributed by atoms with Gasteiger partial charge in [-0.2, -0.15) is 0 Å². The van der Waals surface area contributed by atoms with Crippen molar-refractivity contribution in [1.29, 1.82) is 0 Å². The van der Waals surface area contributed by atoms with Crippen LogP contribution in [0.25, 0.3) is 11.0 Å². The molecule has 1 aliphatic heterocycles. The van der Waals surface area contributed by atoms with Crippen molar-refractivity contribution in [1.82, 2.24) is 13.9 Å². The fraction of sp³-hybridized carbons (Fsp3) is 0.364. The van der Waals surface area contributed by atoms with Crippen molar-refractivity contribution >= 4 is 38.5 Å². The number of hydrogen-bond donors (Lipinski definition) is 1. The van der Waals surface area contributed by atoms with Gasteiger partial charge in [0.1, 0.15) is 17.5 Å². The molecule has 3 heterocycles. The summed E-state index contributed by atoms with van der Waals surface area (Å²) in [6.45, 7) is 6.06. The molecule has 0 aliphatic carbocycles. The Morgan fingerprint density at radius 2 is 1.94 bits per heavy atom. The standard InChI is InChI=1S/C22H25N5O6S/c1-22(2,3)33-21(28)25-11-9-15(14-25)24-19-17-10-12-26(20(17)23-13-18(19)27(29)30)34(31,32)16-7-5-4-6-8-16/h4-8,10,12-13,15H,9,11,14H2,1-3H3,(H,23,24)/t15-/m1/s1. The summed E-state index contributed by atoms with van der Waals surface area (Å²) in [6, 6.07) is 9.06. The molecule has 1 N–H and O–H groups in total. The van der Waals surface area contributed by atoms with E-state index in [9.17, 15) is 23.3 Å². The molecular weight excluding hydrogens is 462 g/mol. The summed E-state index contributed by atoms with van der Waals surface area (Å²) in [5, 5.41) is 15.2. The highest BCUT2D eigenvalue weighted by Gasteiger charge is 2.32. The van der Waals surface area contributed by atoms with Crippen molar-refractivity contribution < 1.29 is 22.9 Å². The van der Waals surface area contributed by atoms with E-state index in [0.29, 0.717) is 24.9 Å². The number of nitrogens with one attached hydrogen (secondary N) is 1. The first kappa shape index (κ1) is 23.5. The van der Waals surface area contributed by atoms with Crippen LogP contribution in [0.4, 0.5) is 16.2 Å². The molecule has 11 nitrogen and oxygen atoms in total. The molecule has 34 heavy (non-hydrogen) atoms. The van der Waals surface area contributed by atoms with E-state index in [1.165, 1.54) is 29.3 Å². The van der Waals surface area contributed by atoms with Crippen LogP contribution < -0.4 is 5.32 Å². The first-order valence-electron chi connectivity index (χ1n) is 10.7. The molecule has 0 radical (unpaired) electrons. The summed E-state index contributed by atoms with van der Waals surface area (Å²) in [6.07, 6.45) is 2.47. The maximum absolute atomic E-state index is 13.1. The number of rotatable bonds is 5. The summed E-state index contributed by atoms with van der Waals surface area (Å²) in [5.41, 5.74) is -0.684. The van der Waals surface area contributed by atoms with Crippen LogP contribution in [0.15, 0.2) is 53.7 Å². The van der Waals surface area contributed by atoms with E-state index in [1.807, 2.05) is 0 Å². The fourth-order valence-corrected chi connectivity index (χ4v) is 5.14. The molecular formula is C22H25N5O6S. The number of anilines is 1. The Balaban J connectivity index is 1.67. The monoisotopic (exact) mass is 487 g/mol. The third-order valence-corrected chi connectivity index (χ3v) is 7.03. The van der Waals surface area contributed by atoms with Gasteiger partial charge in [0.25, 0.3) is 10.0 Å². The first-order valence-corrected chi connectivity index (χ1v) is 12.1. The predicted octanol–water partition coefficient (Wildman–Crippen LogP) is 3.60. The third kappa shape index (κ3) is 4.53. The number of hydrogen-bond acceptors (Lipinski definition) is 8. The number of ether oxygens (including phenoxy) is 1. The van der Waals surface area contributed by atoms with E-state index in [4.69, 9.17) is 4.74 Å². The van der Waals surface area contributed by atoms with E-state index >= 15 is 0 Å². The van der Waals surface area contributed by atoms with Gasteiger partial charge in [-0.05, 0) is 45.4 Å². The summed E-state index contributed by atoms with van der Waals surface area (Å²) in [7, 11) is -3.95. The second kappa shape index (κ2) is 8.60. The maximum atomic E-state index is 13.1. The second-order valence-corrected chi connectivity index (χ2v) is 10.8. The van der Waals surface area contributed by atoms with Crippen LogP contribution in [0.1, 0.15) is 27.2 Å². The zero-order valence-electron chi connectivity index (χ0n) is 19.0. The summed E-state index contributed by atoms with van der Waals surface area (Å²) < 4.78 is 32.7. The molecule has 0 saturated carbocycles. The van der Waals surface area contributed by atoms with Crippen molar-refractivity contribution in [3.63, 3.8) is 0 Å². The molecule has 1 aliphatic rings. The van der Waals surface area contributed by atoms with Gasteiger partial charge in [-0.25, -0.2) is 22.2 Å². The Hall–Kier alpha value is -3.67. The Morgan fingerprint density at radius 3 is 2.59 bits per heavy atom. The topological polar surface area (TPSA) is 137 Å². The van der Waals surface area contributed by atoms with Gasteiger partial charge in [0.15, 0.2) is 5.65 Å². The Morgan fingerprint density at radius 1 is 1.24 bits per heavy atom. The van der Waals surface area contributed by atoms with E-state index < -0.39 is 26.6 Å². The highest BCUT2D eigenvalue weighted by atomic mass is 32.2. The molecule has 180 valence electrons. The lowest BCUT2D eigenvalue weighted by atomic mass is 10.2. The minimum Gasteiger partial charge on any atom is -0.444 e. The second-order valence-electron chi connectivity index (χ2n) is 9.00. The molecule has 2 aromatic heterocycles. The van der Waals surface area contributed by atoms with Crippen LogP contribution in [0, 0.1) is 10.1 Å². The van der Waals surface area contributed by atoms with Crippen LogP contribution >= 0.6 is 0 Å². The number of amides is 1. The van der Waals surface area contributed by atoms with Crippen molar-refractivity contribution in [3.05, 3.63) is 58.9 Å². The average Bonchev–Trinajstić information content (AvgIpc) is 3.41. The van der Waals surface area contributed by atoms with Gasteiger partial charge in [0.2, 0.25) is 0 Å². The highest BCUT2D eigenvalue weighted by Crippen LogP contribution is 2.35. The number of benzene rings is 1. The highest BCUT2D eigenvalue weighted by molar-refractivity contribution is 7.90. The van der Waals surface area contributed by atoms with Crippen LogP contribution in [-0.4, -0.2) is 58.0 Å². The molecule has 1 aromatic carbocycles. The van der Waals surface area contributed by atoms with Gasteiger partial charge in [-0.1, -0.05) is 18.2 Å². The number of pyridine rings is 1. The largest absolute Gasteiger partial charge is 0.444 e. The molecule has 1 amide bonds. The van der Waals surface area contributed by atoms with Crippen molar-refractivity contribution in [2.75, 3.05) is 18.4 Å². The Kier molecular flexibility index (Phi) is 5.94. The van der Waals surface area contributed by atoms with E-state index in [1.54, 1.807) is 39.0 Å². The molecule has 1 atom stereocenters. The number of carbonyl (C=O) groups excluding carboxylic acids is 1. The zero-order valence-corrected chi connectivity index (χ0v) is 19.8. The molecule has 3 aromatic rings.